The fourth-order valence-electron chi connectivity index (χ4n) is 5.94. The van der Waals surface area contributed by atoms with E-state index in [1.807, 2.05) is 0 Å². The molecule has 4 aromatic rings. The quantitative estimate of drug-likeness (QED) is 0.295. The van der Waals surface area contributed by atoms with Crippen LogP contribution in [-0.4, -0.2) is 20.4 Å². The molecular formula is C31H30F2N4O3. The van der Waals surface area contributed by atoms with E-state index in [1.54, 1.807) is 25.1 Å². The van der Waals surface area contributed by atoms with Crippen molar-refractivity contribution in [2.75, 3.05) is 0 Å². The van der Waals surface area contributed by atoms with Crippen molar-refractivity contribution >= 4 is 28.7 Å². The number of nitrogens with zero attached hydrogens (tertiary/aromatic N) is 1. The van der Waals surface area contributed by atoms with Crippen LogP contribution in [0.3, 0.4) is 0 Å². The van der Waals surface area contributed by atoms with Gasteiger partial charge in [0, 0.05) is 16.6 Å². The monoisotopic (exact) mass is 544 g/mol. The average Bonchev–Trinajstić information content (AvgIpc) is 3.27. The number of primary amides is 1. The Hall–Kier alpha value is -4.53. The maximum atomic E-state index is 16.0. The number of carbonyl (C=O) groups is 1. The standard InChI is InChI=1S/C31H30F2N4O3/c1-6-18-27(16(5)32)36-31(40)37(30(18)39)24-9-7-8-19(15(24)4)25-22(33)13-21(29(34)38)28-26(25)20-11-10-17(14(2)3)12-23(20)35-28/h6-9,13-14,17,35H,1,5,10-12H2,2-4H3,(H2,34,38)(H,36,40). The summed E-state index contributed by atoms with van der Waals surface area (Å²) in [5, 5.41) is 0.573. The fraction of sp³-hybridized carbons (Fsp3) is 0.258. The number of benzene rings is 2. The Labute approximate surface area is 229 Å². The van der Waals surface area contributed by atoms with Crippen molar-refractivity contribution < 1.29 is 13.6 Å². The van der Waals surface area contributed by atoms with Crippen LogP contribution in [0.2, 0.25) is 0 Å². The first-order valence-corrected chi connectivity index (χ1v) is 13.1. The molecule has 0 aliphatic heterocycles. The minimum absolute atomic E-state index is 0.0610. The van der Waals surface area contributed by atoms with E-state index in [4.69, 9.17) is 5.73 Å². The van der Waals surface area contributed by atoms with E-state index >= 15 is 4.39 Å². The van der Waals surface area contributed by atoms with Crippen LogP contribution < -0.4 is 17.0 Å². The van der Waals surface area contributed by atoms with Crippen molar-refractivity contribution in [1.29, 1.82) is 0 Å². The minimum atomic E-state index is -0.974. The van der Waals surface area contributed by atoms with Crippen molar-refractivity contribution in [2.45, 2.75) is 40.0 Å². The van der Waals surface area contributed by atoms with Gasteiger partial charge in [0.25, 0.3) is 11.5 Å². The van der Waals surface area contributed by atoms with Gasteiger partial charge in [-0.25, -0.2) is 18.1 Å². The Morgan fingerprint density at radius 2 is 1.98 bits per heavy atom. The fourth-order valence-corrected chi connectivity index (χ4v) is 5.94. The summed E-state index contributed by atoms with van der Waals surface area (Å²) >= 11 is 0. The molecule has 206 valence electrons. The summed E-state index contributed by atoms with van der Waals surface area (Å²) in [6.45, 7) is 12.8. The molecule has 7 nitrogen and oxygen atoms in total. The van der Waals surface area contributed by atoms with Gasteiger partial charge in [0.05, 0.1) is 28.0 Å². The molecule has 1 amide bonds. The van der Waals surface area contributed by atoms with E-state index in [-0.39, 0.29) is 28.1 Å². The van der Waals surface area contributed by atoms with E-state index in [2.05, 4.69) is 37.0 Å². The lowest BCUT2D eigenvalue weighted by atomic mass is 9.79. The number of nitrogens with one attached hydrogen (secondary N) is 2. The van der Waals surface area contributed by atoms with Crippen molar-refractivity contribution in [3.05, 3.63) is 97.7 Å². The van der Waals surface area contributed by atoms with Crippen LogP contribution in [0, 0.1) is 24.6 Å². The lowest BCUT2D eigenvalue weighted by Crippen LogP contribution is -2.36. The first-order valence-electron chi connectivity index (χ1n) is 13.1. The van der Waals surface area contributed by atoms with Gasteiger partial charge in [-0.3, -0.25) is 9.59 Å². The highest BCUT2D eigenvalue weighted by atomic mass is 19.1. The molecule has 5 rings (SSSR count). The Morgan fingerprint density at radius 3 is 2.60 bits per heavy atom. The summed E-state index contributed by atoms with van der Waals surface area (Å²) in [5.41, 5.74) is 7.23. The molecule has 2 aromatic heterocycles. The normalized spacial score (nSPS) is 14.9. The highest BCUT2D eigenvalue weighted by Crippen LogP contribution is 2.43. The van der Waals surface area contributed by atoms with Gasteiger partial charge in [0.15, 0.2) is 0 Å². The largest absolute Gasteiger partial charge is 0.366 e. The Morgan fingerprint density at radius 1 is 1.25 bits per heavy atom. The van der Waals surface area contributed by atoms with Gasteiger partial charge < -0.3 is 15.7 Å². The van der Waals surface area contributed by atoms with Crippen LogP contribution in [0.1, 0.15) is 58.7 Å². The van der Waals surface area contributed by atoms with Crippen LogP contribution in [0.5, 0.6) is 0 Å². The summed E-state index contributed by atoms with van der Waals surface area (Å²) in [5.74, 6) is -1.46. The van der Waals surface area contributed by atoms with Gasteiger partial charge in [-0.05, 0) is 66.8 Å². The summed E-state index contributed by atoms with van der Waals surface area (Å²) < 4.78 is 30.8. The topological polar surface area (TPSA) is 114 Å². The van der Waals surface area contributed by atoms with E-state index in [1.165, 1.54) is 0 Å². The number of amides is 1. The van der Waals surface area contributed by atoms with E-state index in [0.717, 1.165) is 40.8 Å². The number of carbonyl (C=O) groups excluding carboxylic acids is 1. The molecular weight excluding hydrogens is 514 g/mol. The van der Waals surface area contributed by atoms with Gasteiger partial charge in [-0.1, -0.05) is 45.2 Å². The predicted octanol–water partition coefficient (Wildman–Crippen LogP) is 5.56. The third-order valence-electron chi connectivity index (χ3n) is 8.09. The number of aromatic nitrogens is 3. The van der Waals surface area contributed by atoms with Gasteiger partial charge in [0.1, 0.15) is 11.6 Å². The summed E-state index contributed by atoms with van der Waals surface area (Å²) in [7, 11) is 0. The summed E-state index contributed by atoms with van der Waals surface area (Å²) in [4.78, 5) is 44.4. The van der Waals surface area contributed by atoms with Crippen LogP contribution in [-0.2, 0) is 12.8 Å². The molecule has 40 heavy (non-hydrogen) atoms. The minimum Gasteiger partial charge on any atom is -0.366 e. The van der Waals surface area contributed by atoms with Crippen LogP contribution in [0.15, 0.2) is 47.0 Å². The molecule has 0 saturated carbocycles. The molecule has 2 heterocycles. The molecule has 0 radical (unpaired) electrons. The third kappa shape index (κ3) is 4.13. The molecule has 1 aliphatic carbocycles. The van der Waals surface area contributed by atoms with Crippen LogP contribution in [0.4, 0.5) is 8.78 Å². The Kier molecular flexibility index (Phi) is 6.69. The van der Waals surface area contributed by atoms with Gasteiger partial charge in [-0.2, -0.15) is 0 Å². The van der Waals surface area contributed by atoms with E-state index < -0.39 is 28.8 Å². The number of aryl methyl sites for hydroxylation is 1. The number of hydrogen-bond donors (Lipinski definition) is 3. The Bertz CT molecular complexity index is 1860. The molecule has 1 unspecified atom stereocenters. The predicted molar refractivity (Wildman–Crippen MR) is 154 cm³/mol. The smallest absolute Gasteiger partial charge is 0.333 e. The third-order valence-corrected chi connectivity index (χ3v) is 8.09. The van der Waals surface area contributed by atoms with Crippen molar-refractivity contribution in [3.8, 4) is 16.8 Å². The average molecular weight is 545 g/mol. The van der Waals surface area contributed by atoms with Crippen molar-refractivity contribution in [2.24, 2.45) is 17.6 Å². The van der Waals surface area contributed by atoms with Crippen LogP contribution in [0.25, 0.3) is 39.6 Å². The number of nitrogens with two attached hydrogens (primary N) is 1. The second kappa shape index (κ2) is 9.89. The number of hydrogen-bond acceptors (Lipinski definition) is 3. The number of fused-ring (bicyclic) bond motifs is 3. The van der Waals surface area contributed by atoms with E-state index in [9.17, 15) is 18.8 Å². The lowest BCUT2D eigenvalue weighted by Gasteiger charge is -2.25. The zero-order valence-electron chi connectivity index (χ0n) is 22.6. The zero-order valence-corrected chi connectivity index (χ0v) is 22.6. The van der Waals surface area contributed by atoms with Crippen molar-refractivity contribution in [1.82, 2.24) is 14.5 Å². The highest BCUT2D eigenvalue weighted by molar-refractivity contribution is 6.11. The zero-order chi connectivity index (χ0) is 29.0. The van der Waals surface area contributed by atoms with Crippen LogP contribution >= 0.6 is 0 Å². The molecule has 0 spiro atoms. The second-order valence-electron chi connectivity index (χ2n) is 10.6. The SMILES string of the molecule is C=Cc1c(C(=C)F)[nH]c(=O)n(-c2cccc(-c3c(F)cc(C(N)=O)c4[nH]c5c(c34)CCC(C(C)C)C5)c2C)c1=O. The summed E-state index contributed by atoms with van der Waals surface area (Å²) in [6.07, 6.45) is 3.53. The molecule has 4 N–H and O–H groups in total. The molecule has 2 aromatic carbocycles. The number of H-pyrrole nitrogens is 2. The highest BCUT2D eigenvalue weighted by Gasteiger charge is 2.30. The maximum Gasteiger partial charge on any atom is 0.333 e. The molecule has 1 aliphatic rings. The number of halogens is 2. The van der Waals surface area contributed by atoms with Gasteiger partial charge in [0.2, 0.25) is 0 Å². The number of aromatic amines is 2. The molecule has 9 heteroatoms. The van der Waals surface area contributed by atoms with E-state index in [0.29, 0.717) is 40.3 Å². The first kappa shape index (κ1) is 27.1. The van der Waals surface area contributed by atoms with Gasteiger partial charge >= 0.3 is 5.69 Å². The molecule has 0 saturated heterocycles. The maximum absolute atomic E-state index is 16.0. The lowest BCUT2D eigenvalue weighted by molar-refractivity contribution is 0.100. The van der Waals surface area contributed by atoms with Crippen molar-refractivity contribution in [3.63, 3.8) is 0 Å². The van der Waals surface area contributed by atoms with Gasteiger partial charge in [-0.15, -0.1) is 0 Å². The first-order chi connectivity index (χ1) is 19.0. The molecule has 1 atom stereocenters. The molecule has 0 bridgehead atoms. The second-order valence-corrected chi connectivity index (χ2v) is 10.6. The summed E-state index contributed by atoms with van der Waals surface area (Å²) in [6, 6.07) is 5.99. The molecule has 0 fully saturated rings. The Balaban J connectivity index is 1.82. The number of rotatable bonds is 6.